The Kier molecular flexibility index (Phi) is 3.49. The number of pyridine rings is 1. The van der Waals surface area contributed by atoms with E-state index in [-0.39, 0.29) is 0 Å². The lowest BCUT2D eigenvalue weighted by molar-refractivity contribution is -0.203. The van der Waals surface area contributed by atoms with Gasteiger partial charge in [-0.25, -0.2) is 4.98 Å². The molecular formula is C8H7BrF3NO. The zero-order valence-electron chi connectivity index (χ0n) is 6.92. The number of alkyl halides is 3. The van der Waals surface area contributed by atoms with Crippen LogP contribution in [-0.4, -0.2) is 22.4 Å². The third-order valence-corrected chi connectivity index (χ3v) is 2.06. The second kappa shape index (κ2) is 4.27. The Hall–Kier alpha value is -0.620. The van der Waals surface area contributed by atoms with Gasteiger partial charge in [-0.3, -0.25) is 0 Å². The van der Waals surface area contributed by atoms with E-state index in [4.69, 9.17) is 5.11 Å². The van der Waals surface area contributed by atoms with Crippen LogP contribution in [0.5, 0.6) is 0 Å². The monoisotopic (exact) mass is 269 g/mol. The Morgan fingerprint density at radius 3 is 2.50 bits per heavy atom. The van der Waals surface area contributed by atoms with Crippen LogP contribution in [0.4, 0.5) is 13.2 Å². The molecule has 6 heteroatoms. The van der Waals surface area contributed by atoms with Crippen molar-refractivity contribution in [2.45, 2.75) is 18.7 Å². The fourth-order valence-corrected chi connectivity index (χ4v) is 1.10. The highest BCUT2D eigenvalue weighted by Gasteiger charge is 2.37. The normalized spacial score (nSPS) is 14.1. The molecule has 1 aromatic rings. The summed E-state index contributed by atoms with van der Waals surface area (Å²) in [6, 6.07) is 3.00. The number of halogens is 4. The van der Waals surface area contributed by atoms with Crippen molar-refractivity contribution >= 4 is 15.9 Å². The molecule has 0 bridgehead atoms. The zero-order valence-corrected chi connectivity index (χ0v) is 8.51. The molecule has 1 atom stereocenters. The zero-order chi connectivity index (χ0) is 10.8. The lowest BCUT2D eigenvalue weighted by atomic mass is 10.1. The highest BCUT2D eigenvalue weighted by molar-refractivity contribution is 9.10. The van der Waals surface area contributed by atoms with Gasteiger partial charge in [-0.15, -0.1) is 0 Å². The van der Waals surface area contributed by atoms with Crippen LogP contribution < -0.4 is 0 Å². The molecule has 0 amide bonds. The smallest absolute Gasteiger partial charge is 0.383 e. The fourth-order valence-electron chi connectivity index (χ4n) is 0.866. The quantitative estimate of drug-likeness (QED) is 0.836. The maximum atomic E-state index is 11.9. The lowest BCUT2D eigenvalue weighted by Gasteiger charge is -2.13. The van der Waals surface area contributed by atoms with Gasteiger partial charge in [0.2, 0.25) is 0 Å². The van der Waals surface area contributed by atoms with Crippen LogP contribution in [0.1, 0.15) is 5.56 Å². The molecule has 14 heavy (non-hydrogen) atoms. The molecule has 0 radical (unpaired) electrons. The average molecular weight is 270 g/mol. The van der Waals surface area contributed by atoms with Crippen LogP contribution in [0, 0.1) is 0 Å². The van der Waals surface area contributed by atoms with E-state index in [0.29, 0.717) is 10.2 Å². The Bertz CT molecular complexity index is 298. The topological polar surface area (TPSA) is 33.1 Å². The number of aromatic nitrogens is 1. The summed E-state index contributed by atoms with van der Waals surface area (Å²) in [6.45, 7) is 0. The van der Waals surface area contributed by atoms with Crippen LogP contribution >= 0.6 is 15.9 Å². The lowest BCUT2D eigenvalue weighted by Crippen LogP contribution is -2.30. The average Bonchev–Trinajstić information content (AvgIpc) is 2.07. The van der Waals surface area contributed by atoms with Gasteiger partial charge in [-0.05, 0) is 27.6 Å². The summed E-state index contributed by atoms with van der Waals surface area (Å²) in [7, 11) is 0. The van der Waals surface area contributed by atoms with Crippen LogP contribution in [-0.2, 0) is 6.42 Å². The van der Waals surface area contributed by atoms with Crippen LogP contribution in [0.2, 0.25) is 0 Å². The van der Waals surface area contributed by atoms with Gasteiger partial charge in [-0.1, -0.05) is 6.07 Å². The third-order valence-electron chi connectivity index (χ3n) is 1.60. The van der Waals surface area contributed by atoms with E-state index in [0.717, 1.165) is 0 Å². The molecule has 0 aliphatic carbocycles. The maximum absolute atomic E-state index is 11.9. The molecule has 0 spiro atoms. The first kappa shape index (κ1) is 11.5. The van der Waals surface area contributed by atoms with Crippen molar-refractivity contribution in [1.29, 1.82) is 0 Å². The molecule has 78 valence electrons. The predicted octanol–water partition coefficient (Wildman–Crippen LogP) is 2.31. The number of aliphatic hydroxyl groups is 1. The molecule has 0 saturated heterocycles. The van der Waals surface area contributed by atoms with Crippen molar-refractivity contribution < 1.29 is 18.3 Å². The van der Waals surface area contributed by atoms with Crippen LogP contribution in [0.3, 0.4) is 0 Å². The maximum Gasteiger partial charge on any atom is 0.414 e. The third kappa shape index (κ3) is 3.26. The Labute approximate surface area is 86.9 Å². The van der Waals surface area contributed by atoms with Gasteiger partial charge in [0.05, 0.1) is 0 Å². The molecule has 0 saturated carbocycles. The first-order chi connectivity index (χ1) is 6.39. The molecule has 0 aliphatic heterocycles. The van der Waals surface area contributed by atoms with Gasteiger partial charge in [-0.2, -0.15) is 13.2 Å². The molecule has 2 nitrogen and oxygen atoms in total. The van der Waals surface area contributed by atoms with Gasteiger partial charge in [0.1, 0.15) is 4.60 Å². The minimum absolute atomic E-state index is 0.345. The molecule has 0 aliphatic rings. The van der Waals surface area contributed by atoms with E-state index < -0.39 is 18.7 Å². The van der Waals surface area contributed by atoms with E-state index in [2.05, 4.69) is 20.9 Å². The molecule has 1 rings (SSSR count). The van der Waals surface area contributed by atoms with Gasteiger partial charge < -0.3 is 5.11 Å². The largest absolute Gasteiger partial charge is 0.414 e. The van der Waals surface area contributed by atoms with Crippen molar-refractivity contribution in [3.8, 4) is 0 Å². The Balaban J connectivity index is 2.65. The minimum atomic E-state index is -4.58. The molecular weight excluding hydrogens is 263 g/mol. The first-order valence-electron chi connectivity index (χ1n) is 3.75. The molecule has 1 aromatic heterocycles. The molecule has 1 unspecified atom stereocenters. The van der Waals surface area contributed by atoms with E-state index in [9.17, 15) is 13.2 Å². The summed E-state index contributed by atoms with van der Waals surface area (Å²) < 4.78 is 36.3. The molecule has 0 fully saturated rings. The van der Waals surface area contributed by atoms with Crippen molar-refractivity contribution in [3.63, 3.8) is 0 Å². The number of rotatable bonds is 2. The number of hydrogen-bond donors (Lipinski definition) is 1. The van der Waals surface area contributed by atoms with Gasteiger partial charge in [0.25, 0.3) is 0 Å². The van der Waals surface area contributed by atoms with Crippen molar-refractivity contribution in [2.24, 2.45) is 0 Å². The summed E-state index contributed by atoms with van der Waals surface area (Å²) in [5, 5.41) is 8.74. The highest BCUT2D eigenvalue weighted by atomic mass is 79.9. The summed E-state index contributed by atoms with van der Waals surface area (Å²) in [5.41, 5.74) is 0.345. The van der Waals surface area contributed by atoms with Crippen molar-refractivity contribution in [2.75, 3.05) is 0 Å². The second-order valence-electron chi connectivity index (χ2n) is 2.75. The van der Waals surface area contributed by atoms with Crippen LogP contribution in [0.15, 0.2) is 22.9 Å². The van der Waals surface area contributed by atoms with Crippen molar-refractivity contribution in [3.05, 3.63) is 28.5 Å². The van der Waals surface area contributed by atoms with Crippen molar-refractivity contribution in [1.82, 2.24) is 4.98 Å². The van der Waals surface area contributed by atoms with E-state index in [1.807, 2.05) is 0 Å². The fraction of sp³-hybridized carbons (Fsp3) is 0.375. The summed E-state index contributed by atoms with van der Waals surface area (Å²) in [5.74, 6) is 0. The molecule has 0 aromatic carbocycles. The summed E-state index contributed by atoms with van der Waals surface area (Å²) >= 11 is 3.06. The second-order valence-corrected chi connectivity index (χ2v) is 3.56. The van der Waals surface area contributed by atoms with E-state index in [1.165, 1.54) is 18.3 Å². The first-order valence-corrected chi connectivity index (χ1v) is 4.54. The Morgan fingerprint density at radius 2 is 2.07 bits per heavy atom. The highest BCUT2D eigenvalue weighted by Crippen LogP contribution is 2.22. The number of hydrogen-bond acceptors (Lipinski definition) is 2. The molecule has 1 heterocycles. The van der Waals surface area contributed by atoms with E-state index >= 15 is 0 Å². The number of aliphatic hydroxyl groups excluding tert-OH is 1. The molecule has 1 N–H and O–H groups in total. The summed E-state index contributed by atoms with van der Waals surface area (Å²) in [6.07, 6.45) is -6.08. The summed E-state index contributed by atoms with van der Waals surface area (Å²) in [4.78, 5) is 3.75. The SMILES string of the molecule is OC(Cc1ccc(Br)nc1)C(F)(F)F. The minimum Gasteiger partial charge on any atom is -0.383 e. The van der Waals surface area contributed by atoms with E-state index in [1.54, 1.807) is 0 Å². The number of nitrogens with zero attached hydrogens (tertiary/aromatic N) is 1. The van der Waals surface area contributed by atoms with Crippen LogP contribution in [0.25, 0.3) is 0 Å². The van der Waals surface area contributed by atoms with Gasteiger partial charge >= 0.3 is 6.18 Å². The standard InChI is InChI=1S/C8H7BrF3NO/c9-7-2-1-5(4-13-7)3-6(14)8(10,11)12/h1-2,4,6,14H,3H2. The Morgan fingerprint density at radius 1 is 1.43 bits per heavy atom. The predicted molar refractivity (Wildman–Crippen MR) is 47.7 cm³/mol. The van der Waals surface area contributed by atoms with Gasteiger partial charge in [0.15, 0.2) is 6.10 Å². The van der Waals surface area contributed by atoms with Gasteiger partial charge in [0, 0.05) is 12.6 Å².